The van der Waals surface area contributed by atoms with Crippen molar-refractivity contribution in [2.75, 3.05) is 19.8 Å². The molecule has 42 heavy (non-hydrogen) atoms. The fourth-order valence-corrected chi connectivity index (χ4v) is 4.99. The summed E-state index contributed by atoms with van der Waals surface area (Å²) in [7, 11) is 0. The topological polar surface area (TPSA) is 199 Å². The summed E-state index contributed by atoms with van der Waals surface area (Å²) in [5.74, 6) is 0.601. The lowest BCUT2D eigenvalue weighted by Gasteiger charge is -2.40. The first-order valence-electron chi connectivity index (χ1n) is 14.3. The standard InChI is InChI=1S/C30H42O12/c31-16-30(38)17-40-29(27(30)37)39-15-23-24(34)25(35)26(36)28(42-23)41-22-13-8-18(9-14-22)3-1-2-4-20(32)10-5-19-6-11-21(33)12-7-19/h6-9,11-14,20,23-29,31-38H,1-5,10,15-17H2. The Morgan fingerprint density at radius 2 is 1.50 bits per heavy atom. The van der Waals surface area contributed by atoms with Gasteiger partial charge in [0.15, 0.2) is 6.29 Å². The smallest absolute Gasteiger partial charge is 0.229 e. The van der Waals surface area contributed by atoms with Gasteiger partial charge in [-0.2, -0.15) is 0 Å². The number of benzene rings is 2. The van der Waals surface area contributed by atoms with E-state index in [0.29, 0.717) is 18.6 Å². The Morgan fingerprint density at radius 3 is 2.17 bits per heavy atom. The summed E-state index contributed by atoms with van der Waals surface area (Å²) in [5, 5.41) is 80.2. The quantitative estimate of drug-likeness (QED) is 0.134. The maximum atomic E-state index is 10.4. The second-order valence-corrected chi connectivity index (χ2v) is 11.1. The molecule has 0 saturated carbocycles. The van der Waals surface area contributed by atoms with Crippen molar-refractivity contribution in [3.63, 3.8) is 0 Å². The van der Waals surface area contributed by atoms with Crippen LogP contribution in [0, 0.1) is 0 Å². The van der Waals surface area contributed by atoms with Crippen LogP contribution in [-0.4, -0.2) is 115 Å². The lowest BCUT2D eigenvalue weighted by molar-refractivity contribution is -0.289. The zero-order chi connectivity index (χ0) is 30.3. The van der Waals surface area contributed by atoms with Crippen molar-refractivity contribution in [1.29, 1.82) is 0 Å². The van der Waals surface area contributed by atoms with E-state index in [1.54, 1.807) is 24.3 Å². The summed E-state index contributed by atoms with van der Waals surface area (Å²) in [6, 6.07) is 14.2. The largest absolute Gasteiger partial charge is 0.508 e. The summed E-state index contributed by atoms with van der Waals surface area (Å²) in [6.07, 6.45) is -5.70. The third-order valence-corrected chi connectivity index (χ3v) is 7.80. The molecule has 2 heterocycles. The van der Waals surface area contributed by atoms with Crippen LogP contribution in [0.25, 0.3) is 0 Å². The Bertz CT molecular complexity index is 1080. The fraction of sp³-hybridized carbons (Fsp3) is 0.600. The van der Waals surface area contributed by atoms with Gasteiger partial charge in [0.05, 0.1) is 25.9 Å². The molecule has 2 aromatic rings. The first-order valence-corrected chi connectivity index (χ1v) is 14.3. The van der Waals surface area contributed by atoms with E-state index in [-0.39, 0.29) is 25.1 Å². The first-order chi connectivity index (χ1) is 20.1. The van der Waals surface area contributed by atoms with Gasteiger partial charge in [-0.15, -0.1) is 0 Å². The molecule has 2 aromatic carbocycles. The van der Waals surface area contributed by atoms with Gasteiger partial charge in [-0.05, 0) is 67.5 Å². The SMILES string of the molecule is OCC1(O)COC(OCC2OC(Oc3ccc(CCCCC(O)CCc4ccc(O)cc4)cc3)C(O)C(O)C2O)C1O. The molecule has 8 N–H and O–H groups in total. The number of hydrogen-bond acceptors (Lipinski definition) is 12. The summed E-state index contributed by atoms with van der Waals surface area (Å²) in [4.78, 5) is 0. The Labute approximate surface area is 244 Å². The van der Waals surface area contributed by atoms with E-state index in [1.807, 2.05) is 24.3 Å². The normalized spacial score (nSPS) is 32.1. The predicted molar refractivity (Wildman–Crippen MR) is 147 cm³/mol. The van der Waals surface area contributed by atoms with Crippen molar-refractivity contribution in [3.8, 4) is 11.5 Å². The molecule has 2 aliphatic rings. The van der Waals surface area contributed by atoms with Gasteiger partial charge in [-0.3, -0.25) is 0 Å². The maximum Gasteiger partial charge on any atom is 0.229 e. The van der Waals surface area contributed by atoms with Crippen LogP contribution in [0.2, 0.25) is 0 Å². The molecule has 12 nitrogen and oxygen atoms in total. The van der Waals surface area contributed by atoms with E-state index < -0.39 is 55.3 Å². The number of aromatic hydroxyl groups is 1. The molecule has 0 aliphatic carbocycles. The molecule has 4 rings (SSSR count). The highest BCUT2D eigenvalue weighted by Crippen LogP contribution is 2.28. The van der Waals surface area contributed by atoms with Gasteiger partial charge in [-0.25, -0.2) is 0 Å². The van der Waals surface area contributed by atoms with Crippen LogP contribution in [0.15, 0.2) is 48.5 Å². The Balaban J connectivity index is 1.19. The minimum atomic E-state index is -1.87. The van der Waals surface area contributed by atoms with E-state index in [4.69, 9.17) is 18.9 Å². The van der Waals surface area contributed by atoms with Gasteiger partial charge in [0.2, 0.25) is 6.29 Å². The summed E-state index contributed by atoms with van der Waals surface area (Å²) in [5.41, 5.74) is 0.262. The van der Waals surface area contributed by atoms with Crippen LogP contribution in [0.5, 0.6) is 11.5 Å². The van der Waals surface area contributed by atoms with Crippen LogP contribution in [0.3, 0.4) is 0 Å². The zero-order valence-electron chi connectivity index (χ0n) is 23.3. The number of aliphatic hydroxyl groups is 7. The molecule has 12 heteroatoms. The van der Waals surface area contributed by atoms with Crippen LogP contribution in [0.4, 0.5) is 0 Å². The molecule has 2 fully saturated rings. The van der Waals surface area contributed by atoms with E-state index in [9.17, 15) is 40.9 Å². The van der Waals surface area contributed by atoms with Crippen molar-refractivity contribution in [3.05, 3.63) is 59.7 Å². The molecular weight excluding hydrogens is 552 g/mol. The molecule has 0 amide bonds. The summed E-state index contributed by atoms with van der Waals surface area (Å²) < 4.78 is 22.0. The van der Waals surface area contributed by atoms with E-state index in [2.05, 4.69) is 0 Å². The van der Waals surface area contributed by atoms with Gasteiger partial charge >= 0.3 is 0 Å². The third kappa shape index (κ3) is 8.38. The van der Waals surface area contributed by atoms with Crippen molar-refractivity contribution in [1.82, 2.24) is 0 Å². The molecule has 234 valence electrons. The van der Waals surface area contributed by atoms with Crippen molar-refractivity contribution in [2.24, 2.45) is 0 Å². The Hall–Kier alpha value is -2.36. The highest BCUT2D eigenvalue weighted by molar-refractivity contribution is 5.28. The maximum absolute atomic E-state index is 10.4. The molecule has 2 saturated heterocycles. The predicted octanol–water partition coefficient (Wildman–Crippen LogP) is -0.258. The molecule has 0 spiro atoms. The van der Waals surface area contributed by atoms with Crippen LogP contribution in [0.1, 0.15) is 36.8 Å². The van der Waals surface area contributed by atoms with Crippen molar-refractivity contribution in [2.45, 2.75) is 93.3 Å². The second kappa shape index (κ2) is 14.9. The fourth-order valence-electron chi connectivity index (χ4n) is 4.99. The summed E-state index contributed by atoms with van der Waals surface area (Å²) in [6.45, 7) is -1.45. The molecule has 0 radical (unpaired) electrons. The number of ether oxygens (including phenoxy) is 4. The third-order valence-electron chi connectivity index (χ3n) is 7.80. The van der Waals surface area contributed by atoms with Crippen LogP contribution >= 0.6 is 0 Å². The van der Waals surface area contributed by atoms with Gasteiger partial charge < -0.3 is 59.8 Å². The number of phenolic OH excluding ortho intramolecular Hbond substituents is 1. The average Bonchev–Trinajstić information content (AvgIpc) is 3.28. The summed E-state index contributed by atoms with van der Waals surface area (Å²) >= 11 is 0. The molecular formula is C30H42O12. The minimum Gasteiger partial charge on any atom is -0.508 e. The molecule has 2 aliphatic heterocycles. The molecule has 9 atom stereocenters. The number of aliphatic hydroxyl groups excluding tert-OH is 6. The van der Waals surface area contributed by atoms with Crippen molar-refractivity contribution >= 4 is 0 Å². The number of rotatable bonds is 14. The molecule has 0 bridgehead atoms. The number of hydrogen-bond donors (Lipinski definition) is 8. The van der Waals surface area contributed by atoms with E-state index >= 15 is 0 Å². The van der Waals surface area contributed by atoms with Crippen LogP contribution in [-0.2, 0) is 27.1 Å². The van der Waals surface area contributed by atoms with Gasteiger partial charge in [0.1, 0.15) is 47.6 Å². The number of aryl methyl sites for hydroxylation is 2. The number of unbranched alkanes of at least 4 members (excludes halogenated alkanes) is 1. The number of phenols is 1. The van der Waals surface area contributed by atoms with Gasteiger partial charge in [-0.1, -0.05) is 30.7 Å². The van der Waals surface area contributed by atoms with Gasteiger partial charge in [0.25, 0.3) is 0 Å². The van der Waals surface area contributed by atoms with E-state index in [1.165, 1.54) is 0 Å². The second-order valence-electron chi connectivity index (χ2n) is 11.1. The van der Waals surface area contributed by atoms with Crippen molar-refractivity contribution < 1.29 is 59.8 Å². The Morgan fingerprint density at radius 1 is 0.833 bits per heavy atom. The lowest BCUT2D eigenvalue weighted by atomic mass is 9.99. The monoisotopic (exact) mass is 594 g/mol. The Kier molecular flexibility index (Phi) is 11.5. The molecule has 9 unspecified atom stereocenters. The van der Waals surface area contributed by atoms with Gasteiger partial charge in [0, 0.05) is 0 Å². The lowest BCUT2D eigenvalue weighted by Crippen LogP contribution is -2.60. The average molecular weight is 595 g/mol. The van der Waals surface area contributed by atoms with Crippen LogP contribution < -0.4 is 4.74 Å². The zero-order valence-corrected chi connectivity index (χ0v) is 23.3. The first kappa shape index (κ1) is 32.6. The molecule has 0 aromatic heterocycles. The minimum absolute atomic E-state index is 0.227. The highest BCUT2D eigenvalue weighted by atomic mass is 16.7. The van der Waals surface area contributed by atoms with E-state index in [0.717, 1.165) is 36.8 Å². The highest BCUT2D eigenvalue weighted by Gasteiger charge is 2.50.